The first kappa shape index (κ1) is 24.5. The van der Waals surface area contributed by atoms with Crippen LogP contribution in [0.1, 0.15) is 60.5 Å². The van der Waals surface area contributed by atoms with E-state index in [-0.39, 0.29) is 36.4 Å². The number of methoxy groups -OCH3 is 1. The molecule has 0 bridgehead atoms. The van der Waals surface area contributed by atoms with Crippen molar-refractivity contribution in [3.05, 3.63) is 56.1 Å². The molecule has 0 spiro atoms. The van der Waals surface area contributed by atoms with E-state index < -0.39 is 41.0 Å². The molecule has 1 amide bonds. The molecule has 2 aliphatic heterocycles. The number of fused-ring (bicyclic) bond motifs is 5. The normalized spacial score (nSPS) is 21.8. The van der Waals surface area contributed by atoms with Crippen LogP contribution in [0.3, 0.4) is 0 Å². The Balaban J connectivity index is 1.65. The number of amides is 1. The van der Waals surface area contributed by atoms with E-state index in [1.54, 1.807) is 13.0 Å². The molecule has 11 heteroatoms. The van der Waals surface area contributed by atoms with Gasteiger partial charge in [0.05, 0.1) is 42.2 Å². The third-order valence-corrected chi connectivity index (χ3v) is 7.96. The topological polar surface area (TPSA) is 140 Å². The first-order chi connectivity index (χ1) is 18.1. The van der Waals surface area contributed by atoms with E-state index in [2.05, 4.69) is 5.32 Å². The number of aliphatic hydroxyl groups excluding tert-OH is 1. The summed E-state index contributed by atoms with van der Waals surface area (Å²) in [6, 6.07) is 2.32. The van der Waals surface area contributed by atoms with Crippen LogP contribution in [0.5, 0.6) is 5.75 Å². The number of aryl methyl sites for hydroxylation is 1. The summed E-state index contributed by atoms with van der Waals surface area (Å²) in [6.45, 7) is 2.86. The number of aliphatic hydroxyl groups is 2. The molecule has 3 atom stereocenters. The van der Waals surface area contributed by atoms with Gasteiger partial charge in [-0.1, -0.05) is 6.92 Å². The number of nitrogens with zero attached hydrogens (tertiary/aromatic N) is 2. The van der Waals surface area contributed by atoms with Crippen molar-refractivity contribution >= 4 is 22.8 Å². The highest BCUT2D eigenvalue weighted by Gasteiger charge is 2.46. The molecule has 0 saturated heterocycles. The zero-order valence-electron chi connectivity index (χ0n) is 21.1. The number of carbonyl (C=O) groups is 2. The van der Waals surface area contributed by atoms with Crippen LogP contribution >= 0.6 is 0 Å². The lowest BCUT2D eigenvalue weighted by atomic mass is 9.82. The number of carbonyl (C=O) groups excluding carboxylic acids is 2. The Morgan fingerprint density at radius 1 is 1.34 bits per heavy atom. The van der Waals surface area contributed by atoms with Gasteiger partial charge < -0.3 is 29.6 Å². The van der Waals surface area contributed by atoms with Crippen LogP contribution in [0.15, 0.2) is 16.9 Å². The number of cyclic esters (lactones) is 1. The maximum absolute atomic E-state index is 15.1. The molecule has 10 nitrogen and oxygen atoms in total. The fourth-order valence-electron chi connectivity index (χ4n) is 6.02. The van der Waals surface area contributed by atoms with Crippen LogP contribution < -0.4 is 15.6 Å². The van der Waals surface area contributed by atoms with Crippen molar-refractivity contribution in [2.75, 3.05) is 7.11 Å². The van der Waals surface area contributed by atoms with Gasteiger partial charge in [0, 0.05) is 28.1 Å². The largest absolute Gasteiger partial charge is 0.493 e. The Morgan fingerprint density at radius 3 is 2.79 bits per heavy atom. The third-order valence-electron chi connectivity index (χ3n) is 7.96. The molecule has 0 fully saturated rings. The number of hydrogen-bond acceptors (Lipinski definition) is 8. The summed E-state index contributed by atoms with van der Waals surface area (Å²) in [5.74, 6) is -1.86. The van der Waals surface area contributed by atoms with E-state index in [9.17, 15) is 24.6 Å². The molecule has 0 saturated carbocycles. The number of rotatable bonds is 4. The summed E-state index contributed by atoms with van der Waals surface area (Å²) in [4.78, 5) is 43.4. The van der Waals surface area contributed by atoms with E-state index in [1.807, 2.05) is 0 Å². The number of benzene rings is 1. The standard InChI is InChI=1S/C27H26FN3O7/c1-4-27(36)15-7-19-22-13(9-31(19)25(34)14(15)10-38-26(27)35)21-17(30-24(33)11(2)32)6-5-12-20(21)18(29-22)8-16(28)23(12)37-3/h7-8,11,17,32,36H,4-6,9-10H2,1-3H3,(H,30,33)/t11-,17?,27+/m1/s1. The molecule has 1 aromatic carbocycles. The quantitative estimate of drug-likeness (QED) is 0.344. The van der Waals surface area contributed by atoms with E-state index >= 15 is 4.39 Å². The number of hydrogen-bond donors (Lipinski definition) is 3. The molecule has 3 N–H and O–H groups in total. The molecule has 4 heterocycles. The SMILES string of the molecule is CC[C@@]1(O)C(=O)OCc2c1cc1n(c2=O)Cc2c-1nc1cc(F)c(OC)c3c1c2C(NC(=O)[C@@H](C)O)CC3. The highest BCUT2D eigenvalue weighted by molar-refractivity contribution is 5.94. The van der Waals surface area contributed by atoms with Crippen molar-refractivity contribution in [1.29, 1.82) is 0 Å². The van der Waals surface area contributed by atoms with Crippen LogP contribution in [0.25, 0.3) is 22.3 Å². The molecule has 198 valence electrons. The van der Waals surface area contributed by atoms with Crippen molar-refractivity contribution in [2.24, 2.45) is 0 Å². The van der Waals surface area contributed by atoms with Gasteiger partial charge in [-0.15, -0.1) is 0 Å². The average Bonchev–Trinajstić information content (AvgIpc) is 3.26. The molecule has 6 rings (SSSR count). The van der Waals surface area contributed by atoms with Crippen LogP contribution in [0.4, 0.5) is 4.39 Å². The highest BCUT2D eigenvalue weighted by Crippen LogP contribution is 2.47. The lowest BCUT2D eigenvalue weighted by molar-refractivity contribution is -0.172. The number of esters is 1. The Hall–Kier alpha value is -3.83. The van der Waals surface area contributed by atoms with Crippen LogP contribution in [0, 0.1) is 5.82 Å². The molecule has 2 aromatic heterocycles. The minimum Gasteiger partial charge on any atom is -0.493 e. The third kappa shape index (κ3) is 3.18. The van der Waals surface area contributed by atoms with Crippen molar-refractivity contribution in [1.82, 2.24) is 14.9 Å². The molecule has 0 radical (unpaired) electrons. The van der Waals surface area contributed by atoms with Gasteiger partial charge in [-0.2, -0.15) is 0 Å². The number of pyridine rings is 2. The lowest BCUT2D eigenvalue weighted by Crippen LogP contribution is -2.44. The predicted octanol–water partition coefficient (Wildman–Crippen LogP) is 1.71. The minimum absolute atomic E-state index is 0.00674. The first-order valence-electron chi connectivity index (χ1n) is 12.5. The number of ether oxygens (including phenoxy) is 2. The fourth-order valence-corrected chi connectivity index (χ4v) is 6.02. The van der Waals surface area contributed by atoms with Gasteiger partial charge in [-0.25, -0.2) is 14.2 Å². The van der Waals surface area contributed by atoms with Gasteiger partial charge in [-0.3, -0.25) is 9.59 Å². The van der Waals surface area contributed by atoms with Crippen LogP contribution in [-0.4, -0.2) is 44.9 Å². The van der Waals surface area contributed by atoms with E-state index in [0.717, 1.165) is 0 Å². The number of halogens is 1. The fraction of sp³-hybridized carbons (Fsp3) is 0.407. The Morgan fingerprint density at radius 2 is 2.11 bits per heavy atom. The monoisotopic (exact) mass is 523 g/mol. The number of aromatic nitrogens is 2. The summed E-state index contributed by atoms with van der Waals surface area (Å²) in [5, 5.41) is 24.5. The van der Waals surface area contributed by atoms with Crippen LogP contribution in [0.2, 0.25) is 0 Å². The molecule has 1 unspecified atom stereocenters. The maximum atomic E-state index is 15.1. The maximum Gasteiger partial charge on any atom is 0.343 e. The summed E-state index contributed by atoms with van der Waals surface area (Å²) >= 11 is 0. The number of nitrogens with one attached hydrogen (secondary N) is 1. The molecular weight excluding hydrogens is 497 g/mol. The molecule has 1 aliphatic carbocycles. The molecule has 38 heavy (non-hydrogen) atoms. The second-order valence-corrected chi connectivity index (χ2v) is 10.00. The van der Waals surface area contributed by atoms with Gasteiger partial charge in [0.1, 0.15) is 12.7 Å². The second-order valence-electron chi connectivity index (χ2n) is 10.00. The zero-order valence-corrected chi connectivity index (χ0v) is 21.1. The van der Waals surface area contributed by atoms with Gasteiger partial charge >= 0.3 is 5.97 Å². The van der Waals surface area contributed by atoms with Crippen LogP contribution in [-0.2, 0) is 39.5 Å². The van der Waals surface area contributed by atoms with E-state index in [1.165, 1.54) is 24.7 Å². The van der Waals surface area contributed by atoms with E-state index in [0.29, 0.717) is 51.8 Å². The van der Waals surface area contributed by atoms with Gasteiger partial charge in [-0.05, 0) is 37.8 Å². The summed E-state index contributed by atoms with van der Waals surface area (Å²) < 4.78 is 27.1. The molecule has 3 aromatic rings. The van der Waals surface area contributed by atoms with Crippen molar-refractivity contribution < 1.29 is 33.7 Å². The van der Waals surface area contributed by atoms with Gasteiger partial charge in [0.25, 0.3) is 5.56 Å². The average molecular weight is 524 g/mol. The summed E-state index contributed by atoms with van der Waals surface area (Å²) in [5.41, 5.74) is 1.04. The Kier molecular flexibility index (Phi) is 5.38. The zero-order chi connectivity index (χ0) is 27.1. The van der Waals surface area contributed by atoms with Crippen molar-refractivity contribution in [3.63, 3.8) is 0 Å². The van der Waals surface area contributed by atoms with Gasteiger partial charge in [0.15, 0.2) is 17.2 Å². The van der Waals surface area contributed by atoms with E-state index in [4.69, 9.17) is 14.5 Å². The van der Waals surface area contributed by atoms with Gasteiger partial charge in [0.2, 0.25) is 5.91 Å². The molecule has 3 aliphatic rings. The van der Waals surface area contributed by atoms with Crippen molar-refractivity contribution in [2.45, 2.75) is 64.0 Å². The Labute approximate surface area is 216 Å². The first-order valence-corrected chi connectivity index (χ1v) is 12.5. The summed E-state index contributed by atoms with van der Waals surface area (Å²) in [7, 11) is 1.39. The minimum atomic E-state index is -1.98. The smallest absolute Gasteiger partial charge is 0.343 e. The van der Waals surface area contributed by atoms with Crippen molar-refractivity contribution in [3.8, 4) is 17.1 Å². The summed E-state index contributed by atoms with van der Waals surface area (Å²) in [6.07, 6.45) is -0.413. The Bertz CT molecular complexity index is 1630. The second kappa shape index (κ2) is 8.34. The predicted molar refractivity (Wildman–Crippen MR) is 132 cm³/mol. The highest BCUT2D eigenvalue weighted by atomic mass is 19.1. The molecular formula is C27H26FN3O7. The lowest BCUT2D eigenvalue weighted by Gasteiger charge is -2.31.